The number of halogens is 1. The smallest absolute Gasteiger partial charge is 0.222 e. The van der Waals surface area contributed by atoms with Crippen molar-refractivity contribution in [1.82, 2.24) is 4.90 Å². The second-order valence-electron chi connectivity index (χ2n) is 3.40. The van der Waals surface area contributed by atoms with Gasteiger partial charge >= 0.3 is 0 Å². The Bertz CT molecular complexity index is 183. The summed E-state index contributed by atoms with van der Waals surface area (Å²) in [5, 5.41) is 0.308. The van der Waals surface area contributed by atoms with Gasteiger partial charge in [0, 0.05) is 24.4 Å². The normalized spacial score (nSPS) is 37.5. The minimum Gasteiger partial charge on any atom is -0.340 e. The zero-order valence-electron chi connectivity index (χ0n) is 6.42. The molecule has 2 nitrogen and oxygen atoms in total. The van der Waals surface area contributed by atoms with Gasteiger partial charge in [0.05, 0.1) is 0 Å². The quantitative estimate of drug-likeness (QED) is 0.507. The van der Waals surface area contributed by atoms with E-state index in [1.54, 1.807) is 0 Å². The van der Waals surface area contributed by atoms with Gasteiger partial charge in [-0.15, -0.1) is 11.6 Å². The van der Waals surface area contributed by atoms with Gasteiger partial charge in [-0.05, 0) is 19.3 Å². The molecule has 2 aliphatic heterocycles. The molecule has 0 aromatic heterocycles. The van der Waals surface area contributed by atoms with Crippen molar-refractivity contribution in [2.24, 2.45) is 0 Å². The first-order valence-electron chi connectivity index (χ1n) is 4.21. The van der Waals surface area contributed by atoms with E-state index in [1.807, 2.05) is 4.90 Å². The van der Waals surface area contributed by atoms with Crippen LogP contribution in [0.15, 0.2) is 0 Å². The van der Waals surface area contributed by atoms with Gasteiger partial charge in [0.15, 0.2) is 0 Å². The molecule has 0 aromatic carbocycles. The average molecular weight is 174 g/mol. The number of nitrogens with zero attached hydrogens (tertiary/aromatic N) is 1. The van der Waals surface area contributed by atoms with Crippen LogP contribution in [0.5, 0.6) is 0 Å². The van der Waals surface area contributed by atoms with Crippen LogP contribution < -0.4 is 0 Å². The SMILES string of the molecule is O=C1CCC2CC(Cl)CCN12. The van der Waals surface area contributed by atoms with Crippen LogP contribution in [0.25, 0.3) is 0 Å². The molecule has 2 rings (SSSR count). The molecule has 0 aliphatic carbocycles. The third kappa shape index (κ3) is 1.24. The maximum Gasteiger partial charge on any atom is 0.222 e. The number of fused-ring (bicyclic) bond motifs is 1. The van der Waals surface area contributed by atoms with E-state index >= 15 is 0 Å². The summed E-state index contributed by atoms with van der Waals surface area (Å²) in [5.74, 6) is 0.332. The predicted molar refractivity (Wildman–Crippen MR) is 43.6 cm³/mol. The third-order valence-corrected chi connectivity index (χ3v) is 3.06. The van der Waals surface area contributed by atoms with Crippen LogP contribution >= 0.6 is 11.6 Å². The van der Waals surface area contributed by atoms with Gasteiger partial charge in [0.2, 0.25) is 5.91 Å². The molecule has 0 spiro atoms. The Kier molecular flexibility index (Phi) is 1.80. The summed E-state index contributed by atoms with van der Waals surface area (Å²) in [6.45, 7) is 0.887. The molecule has 1 amide bonds. The van der Waals surface area contributed by atoms with E-state index in [0.717, 1.165) is 32.2 Å². The molecule has 2 fully saturated rings. The molecule has 2 aliphatic rings. The summed E-state index contributed by atoms with van der Waals surface area (Å²) >= 11 is 5.99. The Morgan fingerprint density at radius 2 is 2.27 bits per heavy atom. The summed E-state index contributed by atoms with van der Waals surface area (Å²) in [5.41, 5.74) is 0. The molecule has 2 saturated heterocycles. The predicted octanol–water partition coefficient (Wildman–Crippen LogP) is 1.38. The molecular weight excluding hydrogens is 162 g/mol. The van der Waals surface area contributed by atoms with Crippen LogP contribution in [0, 0.1) is 0 Å². The Labute approximate surface area is 71.5 Å². The number of amides is 1. The number of piperidine rings is 1. The van der Waals surface area contributed by atoms with Crippen LogP contribution in [-0.2, 0) is 4.79 Å². The lowest BCUT2D eigenvalue weighted by atomic mass is 10.0. The van der Waals surface area contributed by atoms with Gasteiger partial charge in [0.1, 0.15) is 0 Å². The summed E-state index contributed by atoms with van der Waals surface area (Å²) in [4.78, 5) is 13.2. The zero-order chi connectivity index (χ0) is 7.84. The fourth-order valence-electron chi connectivity index (χ4n) is 2.04. The van der Waals surface area contributed by atoms with Gasteiger partial charge in [-0.2, -0.15) is 0 Å². The lowest BCUT2D eigenvalue weighted by molar-refractivity contribution is -0.129. The summed E-state index contributed by atoms with van der Waals surface area (Å²) in [6.07, 6.45) is 3.76. The molecule has 2 heterocycles. The summed E-state index contributed by atoms with van der Waals surface area (Å²) in [7, 11) is 0. The molecule has 0 N–H and O–H groups in total. The lowest BCUT2D eigenvalue weighted by Gasteiger charge is -2.32. The highest BCUT2D eigenvalue weighted by molar-refractivity contribution is 6.20. The number of carbonyl (C=O) groups is 1. The van der Waals surface area contributed by atoms with Gasteiger partial charge in [0.25, 0.3) is 0 Å². The molecule has 11 heavy (non-hydrogen) atoms. The number of hydrogen-bond donors (Lipinski definition) is 0. The van der Waals surface area contributed by atoms with E-state index in [0.29, 0.717) is 17.3 Å². The van der Waals surface area contributed by atoms with Crippen molar-refractivity contribution in [2.75, 3.05) is 6.54 Å². The molecule has 0 bridgehead atoms. The van der Waals surface area contributed by atoms with Gasteiger partial charge in [-0.25, -0.2) is 0 Å². The highest BCUT2D eigenvalue weighted by Gasteiger charge is 2.35. The molecule has 62 valence electrons. The Morgan fingerprint density at radius 3 is 3.09 bits per heavy atom. The standard InChI is InChI=1S/C8H12ClNO/c9-6-3-4-10-7(5-6)1-2-8(10)11/h6-7H,1-5H2. The minimum absolute atomic E-state index is 0.308. The first-order chi connectivity index (χ1) is 5.27. The van der Waals surface area contributed by atoms with E-state index in [-0.39, 0.29) is 0 Å². The Morgan fingerprint density at radius 1 is 1.45 bits per heavy atom. The average Bonchev–Trinajstić information content (AvgIpc) is 2.32. The van der Waals surface area contributed by atoms with Crippen LogP contribution in [-0.4, -0.2) is 28.8 Å². The molecule has 2 atom stereocenters. The van der Waals surface area contributed by atoms with E-state index < -0.39 is 0 Å². The van der Waals surface area contributed by atoms with Crippen LogP contribution in [0.4, 0.5) is 0 Å². The molecule has 2 unspecified atom stereocenters. The molecule has 0 radical (unpaired) electrons. The van der Waals surface area contributed by atoms with Gasteiger partial charge in [-0.3, -0.25) is 4.79 Å². The number of hydrogen-bond acceptors (Lipinski definition) is 1. The lowest BCUT2D eigenvalue weighted by Crippen LogP contribution is -2.40. The number of carbonyl (C=O) groups excluding carboxylic acids is 1. The van der Waals surface area contributed by atoms with Crippen LogP contribution in [0.2, 0.25) is 0 Å². The second-order valence-corrected chi connectivity index (χ2v) is 4.02. The topological polar surface area (TPSA) is 20.3 Å². The number of alkyl halides is 1. The second kappa shape index (κ2) is 2.67. The van der Waals surface area contributed by atoms with Crippen molar-refractivity contribution in [3.8, 4) is 0 Å². The first-order valence-corrected chi connectivity index (χ1v) is 4.64. The van der Waals surface area contributed by atoms with Gasteiger partial charge < -0.3 is 4.90 Å². The van der Waals surface area contributed by atoms with Crippen molar-refractivity contribution in [3.05, 3.63) is 0 Å². The van der Waals surface area contributed by atoms with Crippen molar-refractivity contribution in [1.29, 1.82) is 0 Å². The van der Waals surface area contributed by atoms with E-state index in [4.69, 9.17) is 11.6 Å². The van der Waals surface area contributed by atoms with Crippen molar-refractivity contribution >= 4 is 17.5 Å². The first kappa shape index (κ1) is 7.41. The minimum atomic E-state index is 0.308. The summed E-state index contributed by atoms with van der Waals surface area (Å²) < 4.78 is 0. The zero-order valence-corrected chi connectivity index (χ0v) is 7.18. The Balaban J connectivity index is 2.06. The third-order valence-electron chi connectivity index (χ3n) is 2.66. The van der Waals surface area contributed by atoms with Crippen molar-refractivity contribution in [3.63, 3.8) is 0 Å². The summed E-state index contributed by atoms with van der Waals surface area (Å²) in [6, 6.07) is 0.471. The van der Waals surface area contributed by atoms with E-state index in [2.05, 4.69) is 0 Å². The fourth-order valence-corrected chi connectivity index (χ4v) is 2.34. The maximum absolute atomic E-state index is 11.2. The Hall–Kier alpha value is -0.240. The van der Waals surface area contributed by atoms with Crippen molar-refractivity contribution in [2.45, 2.75) is 37.1 Å². The molecule has 3 heteroatoms. The largest absolute Gasteiger partial charge is 0.340 e. The van der Waals surface area contributed by atoms with E-state index in [1.165, 1.54) is 0 Å². The van der Waals surface area contributed by atoms with E-state index in [9.17, 15) is 4.79 Å². The van der Waals surface area contributed by atoms with Crippen molar-refractivity contribution < 1.29 is 4.79 Å². The molecule has 0 saturated carbocycles. The van der Waals surface area contributed by atoms with Crippen LogP contribution in [0.3, 0.4) is 0 Å². The fraction of sp³-hybridized carbons (Fsp3) is 0.875. The highest BCUT2D eigenvalue weighted by atomic mass is 35.5. The maximum atomic E-state index is 11.2. The number of rotatable bonds is 0. The highest BCUT2D eigenvalue weighted by Crippen LogP contribution is 2.29. The monoisotopic (exact) mass is 173 g/mol. The van der Waals surface area contributed by atoms with Gasteiger partial charge in [-0.1, -0.05) is 0 Å². The molecular formula is C8H12ClNO. The molecule has 0 aromatic rings. The van der Waals surface area contributed by atoms with Crippen LogP contribution in [0.1, 0.15) is 25.7 Å².